The molecule has 0 amide bonds. The second-order valence-corrected chi connectivity index (χ2v) is 5.60. The molecule has 0 saturated heterocycles. The fourth-order valence-corrected chi connectivity index (χ4v) is 2.42. The van der Waals surface area contributed by atoms with Gasteiger partial charge in [0.25, 0.3) is 0 Å². The van der Waals surface area contributed by atoms with Crippen LogP contribution in [0.3, 0.4) is 0 Å². The molecule has 0 atom stereocenters. The molecule has 0 fully saturated rings. The summed E-state index contributed by atoms with van der Waals surface area (Å²) in [5, 5.41) is 6.23. The van der Waals surface area contributed by atoms with Gasteiger partial charge >= 0.3 is 11.9 Å². The Hall–Kier alpha value is -2.93. The molecule has 0 radical (unpaired) electrons. The van der Waals surface area contributed by atoms with Crippen molar-refractivity contribution in [1.29, 1.82) is 0 Å². The lowest BCUT2D eigenvalue weighted by Gasteiger charge is -2.14. The summed E-state index contributed by atoms with van der Waals surface area (Å²) in [6.07, 6.45) is 0. The highest BCUT2D eigenvalue weighted by molar-refractivity contribution is 7.80. The van der Waals surface area contributed by atoms with Crippen molar-refractivity contribution in [3.8, 4) is 0 Å². The summed E-state index contributed by atoms with van der Waals surface area (Å²) < 4.78 is 9.46. The molecular formula is C18H18N2O4S. The zero-order valence-corrected chi connectivity index (χ0v) is 14.9. The zero-order chi connectivity index (χ0) is 18.4. The first-order valence-corrected chi connectivity index (χ1v) is 7.80. The average molecular weight is 358 g/mol. The predicted octanol–water partition coefficient (Wildman–Crippen LogP) is 3.38. The van der Waals surface area contributed by atoms with E-state index in [2.05, 4.69) is 10.6 Å². The van der Waals surface area contributed by atoms with Gasteiger partial charge in [0.15, 0.2) is 5.11 Å². The highest BCUT2D eigenvalue weighted by atomic mass is 32.1. The second kappa shape index (κ2) is 8.25. The number of hydrogen-bond acceptors (Lipinski definition) is 5. The molecule has 0 bridgehead atoms. The normalized spacial score (nSPS) is 9.88. The lowest BCUT2D eigenvalue weighted by molar-refractivity contribution is 0.0587. The maximum absolute atomic E-state index is 11.9. The zero-order valence-electron chi connectivity index (χ0n) is 14.1. The van der Waals surface area contributed by atoms with Crippen molar-refractivity contribution in [1.82, 2.24) is 0 Å². The minimum Gasteiger partial charge on any atom is -0.465 e. The molecule has 7 heteroatoms. The number of esters is 2. The number of ether oxygens (including phenoxy) is 2. The second-order valence-electron chi connectivity index (χ2n) is 5.19. The van der Waals surface area contributed by atoms with Gasteiger partial charge in [-0.25, -0.2) is 9.59 Å². The summed E-state index contributed by atoms with van der Waals surface area (Å²) in [5.41, 5.74) is 2.77. The molecule has 0 aliphatic heterocycles. The number of thiocarbonyl (C=S) groups is 1. The number of carbonyl (C=O) groups is 2. The number of hydrogen-bond donors (Lipinski definition) is 2. The van der Waals surface area contributed by atoms with Crippen molar-refractivity contribution < 1.29 is 19.1 Å². The monoisotopic (exact) mass is 358 g/mol. The maximum Gasteiger partial charge on any atom is 0.339 e. The summed E-state index contributed by atoms with van der Waals surface area (Å²) in [5.74, 6) is -1.06. The van der Waals surface area contributed by atoms with Crippen LogP contribution in [0, 0.1) is 6.92 Å². The van der Waals surface area contributed by atoms with Gasteiger partial charge in [-0.2, -0.15) is 0 Å². The largest absolute Gasteiger partial charge is 0.465 e. The van der Waals surface area contributed by atoms with Gasteiger partial charge in [0.05, 0.1) is 31.0 Å². The molecule has 0 aliphatic carbocycles. The van der Waals surface area contributed by atoms with Crippen molar-refractivity contribution in [3.63, 3.8) is 0 Å². The third-order valence-corrected chi connectivity index (χ3v) is 3.57. The molecule has 0 saturated carbocycles. The van der Waals surface area contributed by atoms with Gasteiger partial charge < -0.3 is 20.1 Å². The Labute approximate surface area is 151 Å². The van der Waals surface area contributed by atoms with E-state index in [-0.39, 0.29) is 16.2 Å². The molecule has 130 valence electrons. The van der Waals surface area contributed by atoms with Crippen molar-refractivity contribution in [2.75, 3.05) is 24.9 Å². The molecule has 2 aromatic carbocycles. The van der Waals surface area contributed by atoms with Gasteiger partial charge in [-0.05, 0) is 55.0 Å². The highest BCUT2D eigenvalue weighted by Crippen LogP contribution is 2.20. The Bertz CT molecular complexity index is 820. The van der Waals surface area contributed by atoms with Crippen LogP contribution in [0.4, 0.5) is 11.4 Å². The van der Waals surface area contributed by atoms with Crippen LogP contribution in [-0.4, -0.2) is 31.3 Å². The standard InChI is InChI=1S/C18H18N2O4S/c1-11-5-4-6-13(9-11)19-18(25)20-15-10-12(16(21)23-2)7-8-14(15)17(22)24-3/h4-10H,1-3H3,(H2,19,20,25). The van der Waals surface area contributed by atoms with Crippen molar-refractivity contribution >= 4 is 40.6 Å². The SMILES string of the molecule is COC(=O)c1ccc(C(=O)OC)c(NC(=S)Nc2cccc(C)c2)c1. The summed E-state index contributed by atoms with van der Waals surface area (Å²) in [6.45, 7) is 1.97. The predicted molar refractivity (Wildman–Crippen MR) is 100 cm³/mol. The number of methoxy groups -OCH3 is 2. The lowest BCUT2D eigenvalue weighted by atomic mass is 10.1. The highest BCUT2D eigenvalue weighted by Gasteiger charge is 2.16. The van der Waals surface area contributed by atoms with Gasteiger partial charge in [0.2, 0.25) is 0 Å². The fraction of sp³-hybridized carbons (Fsp3) is 0.167. The van der Waals surface area contributed by atoms with Crippen LogP contribution in [0.2, 0.25) is 0 Å². The molecule has 0 aliphatic rings. The van der Waals surface area contributed by atoms with Gasteiger partial charge in [-0.1, -0.05) is 12.1 Å². The first kappa shape index (κ1) is 18.4. The van der Waals surface area contributed by atoms with Crippen LogP contribution in [0.25, 0.3) is 0 Å². The Morgan fingerprint density at radius 2 is 1.68 bits per heavy atom. The van der Waals surface area contributed by atoms with Crippen molar-refractivity contribution in [2.24, 2.45) is 0 Å². The minimum atomic E-state index is -0.544. The first-order valence-electron chi connectivity index (χ1n) is 7.40. The molecule has 0 heterocycles. The summed E-state index contributed by atoms with van der Waals surface area (Å²) in [4.78, 5) is 23.6. The number of carbonyl (C=O) groups excluding carboxylic acids is 2. The molecule has 6 nitrogen and oxygen atoms in total. The van der Waals surface area contributed by atoms with Gasteiger partial charge in [0.1, 0.15) is 0 Å². The Morgan fingerprint density at radius 3 is 2.32 bits per heavy atom. The van der Waals surface area contributed by atoms with E-state index < -0.39 is 11.9 Å². The van der Waals surface area contributed by atoms with E-state index in [0.717, 1.165) is 11.3 Å². The third-order valence-electron chi connectivity index (χ3n) is 3.37. The molecule has 2 rings (SSSR count). The lowest BCUT2D eigenvalue weighted by Crippen LogP contribution is -2.21. The van der Waals surface area contributed by atoms with Crippen molar-refractivity contribution in [2.45, 2.75) is 6.92 Å². The van der Waals surface area contributed by atoms with E-state index in [4.69, 9.17) is 21.7 Å². The summed E-state index contributed by atoms with van der Waals surface area (Å²) in [6, 6.07) is 12.1. The molecule has 2 N–H and O–H groups in total. The van der Waals surface area contributed by atoms with Crippen LogP contribution >= 0.6 is 12.2 Å². The number of benzene rings is 2. The Balaban J connectivity index is 2.27. The Kier molecular flexibility index (Phi) is 6.08. The van der Waals surface area contributed by atoms with E-state index in [1.807, 2.05) is 31.2 Å². The molecule has 0 spiro atoms. The van der Waals surface area contributed by atoms with Gasteiger partial charge in [-0.15, -0.1) is 0 Å². The van der Waals surface area contributed by atoms with E-state index in [9.17, 15) is 9.59 Å². The Morgan fingerprint density at radius 1 is 0.960 bits per heavy atom. The molecule has 0 unspecified atom stereocenters. The number of nitrogens with one attached hydrogen (secondary N) is 2. The molecule has 0 aromatic heterocycles. The third kappa shape index (κ3) is 4.77. The van der Waals surface area contributed by atoms with Crippen LogP contribution in [0.1, 0.15) is 26.3 Å². The number of anilines is 2. The van der Waals surface area contributed by atoms with E-state index in [1.54, 1.807) is 0 Å². The maximum atomic E-state index is 11.9. The minimum absolute atomic E-state index is 0.253. The first-order chi connectivity index (χ1) is 11.9. The van der Waals surface area contributed by atoms with Crippen LogP contribution in [0.15, 0.2) is 42.5 Å². The van der Waals surface area contributed by atoms with Crippen LogP contribution in [0.5, 0.6) is 0 Å². The van der Waals surface area contributed by atoms with Crippen LogP contribution in [-0.2, 0) is 9.47 Å². The fourth-order valence-electron chi connectivity index (χ4n) is 2.19. The quantitative estimate of drug-likeness (QED) is 0.641. The topological polar surface area (TPSA) is 76.7 Å². The number of rotatable bonds is 4. The molecular weight excluding hydrogens is 340 g/mol. The van der Waals surface area contributed by atoms with Crippen LogP contribution < -0.4 is 10.6 Å². The van der Waals surface area contributed by atoms with E-state index in [1.165, 1.54) is 32.4 Å². The molecule has 2 aromatic rings. The van der Waals surface area contributed by atoms with E-state index >= 15 is 0 Å². The van der Waals surface area contributed by atoms with Crippen molar-refractivity contribution in [3.05, 3.63) is 59.2 Å². The van der Waals surface area contributed by atoms with Gasteiger partial charge in [0, 0.05) is 5.69 Å². The molecule has 25 heavy (non-hydrogen) atoms. The smallest absolute Gasteiger partial charge is 0.339 e. The number of aryl methyl sites for hydroxylation is 1. The van der Waals surface area contributed by atoms with Gasteiger partial charge in [-0.3, -0.25) is 0 Å². The average Bonchev–Trinajstić information content (AvgIpc) is 2.60. The van der Waals surface area contributed by atoms with E-state index in [0.29, 0.717) is 5.69 Å². The summed E-state index contributed by atoms with van der Waals surface area (Å²) >= 11 is 5.29. The summed E-state index contributed by atoms with van der Waals surface area (Å²) in [7, 11) is 2.57.